The van der Waals surface area contributed by atoms with E-state index in [1.54, 1.807) is 0 Å². The molecule has 0 saturated carbocycles. The zero-order valence-corrected chi connectivity index (χ0v) is 11.7. The Morgan fingerprint density at radius 2 is 1.94 bits per heavy atom. The number of anilines is 1. The average Bonchev–Trinajstić information content (AvgIpc) is 2.17. The lowest BCUT2D eigenvalue weighted by atomic mass is 10.0. The van der Waals surface area contributed by atoms with Crippen LogP contribution >= 0.6 is 23.8 Å². The largest absolute Gasteiger partial charge is 0.354 e. The summed E-state index contributed by atoms with van der Waals surface area (Å²) >= 11 is 11.6. The van der Waals surface area contributed by atoms with Gasteiger partial charge >= 0.3 is 0 Å². The second kappa shape index (κ2) is 4.31. The van der Waals surface area contributed by atoms with Crippen LogP contribution in [0.2, 0.25) is 5.02 Å². The van der Waals surface area contributed by atoms with Crippen molar-refractivity contribution in [3.63, 3.8) is 0 Å². The number of allylic oxidation sites excluding steroid dienone is 1. The Morgan fingerprint density at radius 1 is 1.29 bits per heavy atom. The normalized spacial score (nSPS) is 18.7. The molecule has 17 heavy (non-hydrogen) atoms. The van der Waals surface area contributed by atoms with Gasteiger partial charge in [0, 0.05) is 5.70 Å². The van der Waals surface area contributed by atoms with Gasteiger partial charge in [-0.1, -0.05) is 23.7 Å². The number of benzene rings is 1. The van der Waals surface area contributed by atoms with Gasteiger partial charge in [0.1, 0.15) is 0 Å². The molecular formula is C13H15ClN2S. The van der Waals surface area contributed by atoms with E-state index in [4.69, 9.17) is 23.8 Å². The fraction of sp³-hybridized carbons (Fsp3) is 0.308. The number of hydrogen-bond donors (Lipinski definition) is 1. The monoisotopic (exact) mass is 266 g/mol. The van der Waals surface area contributed by atoms with Gasteiger partial charge in [-0.3, -0.25) is 4.90 Å². The zero-order chi connectivity index (χ0) is 12.6. The molecule has 2 nitrogen and oxygen atoms in total. The van der Waals surface area contributed by atoms with Gasteiger partial charge in [0.15, 0.2) is 5.11 Å². The van der Waals surface area contributed by atoms with Gasteiger partial charge in [-0.15, -0.1) is 0 Å². The summed E-state index contributed by atoms with van der Waals surface area (Å²) < 4.78 is 0. The van der Waals surface area contributed by atoms with Gasteiger partial charge in [0.25, 0.3) is 0 Å². The minimum atomic E-state index is -0.112. The molecule has 0 amide bonds. The summed E-state index contributed by atoms with van der Waals surface area (Å²) in [6.07, 6.45) is 2.14. The van der Waals surface area contributed by atoms with E-state index in [2.05, 4.69) is 25.2 Å². The molecule has 0 fully saturated rings. The predicted molar refractivity (Wildman–Crippen MR) is 77.5 cm³/mol. The molecule has 0 saturated heterocycles. The molecule has 0 bridgehead atoms. The van der Waals surface area contributed by atoms with E-state index in [9.17, 15) is 0 Å². The number of para-hydroxylation sites is 1. The second-order valence-corrected chi connectivity index (χ2v) is 5.52. The topological polar surface area (TPSA) is 15.3 Å². The first-order valence-corrected chi connectivity index (χ1v) is 6.25. The third kappa shape index (κ3) is 2.45. The summed E-state index contributed by atoms with van der Waals surface area (Å²) in [6, 6.07) is 7.70. The molecule has 0 spiro atoms. The molecule has 0 aliphatic carbocycles. The third-order valence-electron chi connectivity index (χ3n) is 2.65. The average molecular weight is 267 g/mol. The van der Waals surface area contributed by atoms with Crippen LogP contribution in [0.3, 0.4) is 0 Å². The van der Waals surface area contributed by atoms with Crippen LogP contribution in [0.15, 0.2) is 36.0 Å². The highest BCUT2D eigenvalue weighted by atomic mass is 35.5. The lowest BCUT2D eigenvalue weighted by Crippen LogP contribution is -2.53. The summed E-state index contributed by atoms with van der Waals surface area (Å²) in [5.41, 5.74) is 1.89. The van der Waals surface area contributed by atoms with Crippen molar-refractivity contribution in [3.05, 3.63) is 41.1 Å². The Bertz CT molecular complexity index is 494. The highest BCUT2D eigenvalue weighted by Gasteiger charge is 2.28. The maximum Gasteiger partial charge on any atom is 0.178 e. The predicted octanol–water partition coefficient (Wildman–Crippen LogP) is 3.72. The van der Waals surface area contributed by atoms with Crippen molar-refractivity contribution in [1.29, 1.82) is 0 Å². The van der Waals surface area contributed by atoms with E-state index in [0.29, 0.717) is 10.1 Å². The molecule has 1 aromatic carbocycles. The van der Waals surface area contributed by atoms with Crippen LogP contribution in [-0.2, 0) is 0 Å². The molecule has 1 aliphatic heterocycles. The maximum atomic E-state index is 6.20. The highest BCUT2D eigenvalue weighted by molar-refractivity contribution is 7.80. The highest BCUT2D eigenvalue weighted by Crippen LogP contribution is 2.31. The number of rotatable bonds is 1. The summed E-state index contributed by atoms with van der Waals surface area (Å²) in [5.74, 6) is 0. The number of thiocarbonyl (C=S) groups is 1. The molecule has 0 aromatic heterocycles. The first-order valence-electron chi connectivity index (χ1n) is 5.47. The van der Waals surface area contributed by atoms with Gasteiger partial charge in [0.05, 0.1) is 16.2 Å². The summed E-state index contributed by atoms with van der Waals surface area (Å²) in [5, 5.41) is 4.67. The van der Waals surface area contributed by atoms with Gasteiger partial charge in [-0.05, 0) is 51.2 Å². The molecular weight excluding hydrogens is 252 g/mol. The van der Waals surface area contributed by atoms with Crippen LogP contribution in [0, 0.1) is 0 Å². The van der Waals surface area contributed by atoms with Crippen LogP contribution in [0.1, 0.15) is 20.8 Å². The molecule has 0 unspecified atom stereocenters. The minimum Gasteiger partial charge on any atom is -0.354 e. The second-order valence-electron chi connectivity index (χ2n) is 4.72. The summed E-state index contributed by atoms with van der Waals surface area (Å²) in [6.45, 7) is 6.22. The van der Waals surface area contributed by atoms with Crippen LogP contribution < -0.4 is 10.2 Å². The van der Waals surface area contributed by atoms with Crippen molar-refractivity contribution in [2.75, 3.05) is 4.90 Å². The van der Waals surface area contributed by atoms with Crippen LogP contribution in [0.5, 0.6) is 0 Å². The molecule has 0 atom stereocenters. The van der Waals surface area contributed by atoms with Gasteiger partial charge in [0.2, 0.25) is 0 Å². The Hall–Kier alpha value is -1.06. The lowest BCUT2D eigenvalue weighted by molar-refractivity contribution is 0.560. The fourth-order valence-corrected chi connectivity index (χ4v) is 2.77. The Labute approximate surface area is 112 Å². The van der Waals surface area contributed by atoms with Crippen LogP contribution in [0.25, 0.3) is 0 Å². The van der Waals surface area contributed by atoms with Crippen molar-refractivity contribution in [2.24, 2.45) is 0 Å². The fourth-order valence-electron chi connectivity index (χ4n) is 2.05. The smallest absolute Gasteiger partial charge is 0.178 e. The van der Waals surface area contributed by atoms with Crippen molar-refractivity contribution in [3.8, 4) is 0 Å². The van der Waals surface area contributed by atoms with E-state index in [0.717, 1.165) is 11.4 Å². The number of nitrogens with one attached hydrogen (secondary N) is 1. The third-order valence-corrected chi connectivity index (χ3v) is 3.25. The van der Waals surface area contributed by atoms with Crippen LogP contribution in [0.4, 0.5) is 5.69 Å². The first kappa shape index (κ1) is 12.4. The van der Waals surface area contributed by atoms with Crippen molar-refractivity contribution in [1.82, 2.24) is 5.32 Å². The van der Waals surface area contributed by atoms with E-state index in [1.165, 1.54) is 0 Å². The molecule has 2 rings (SSSR count). The molecule has 1 aliphatic rings. The Kier molecular flexibility index (Phi) is 3.15. The first-order chi connectivity index (χ1) is 7.91. The minimum absolute atomic E-state index is 0.112. The quantitative estimate of drug-likeness (QED) is 0.780. The molecule has 4 heteroatoms. The maximum absolute atomic E-state index is 6.20. The van der Waals surface area contributed by atoms with Gasteiger partial charge in [-0.25, -0.2) is 0 Å². The van der Waals surface area contributed by atoms with E-state index in [1.807, 2.05) is 36.1 Å². The standard InChI is InChI=1S/C13H15ClN2S/c1-9-8-13(2,3)15-12(17)16(9)11-7-5-4-6-10(11)14/h4-8H,1-3H3,(H,15,17). The van der Waals surface area contributed by atoms with E-state index >= 15 is 0 Å². The molecule has 1 aromatic rings. The van der Waals surface area contributed by atoms with Crippen molar-refractivity contribution >= 4 is 34.6 Å². The molecule has 0 radical (unpaired) electrons. The van der Waals surface area contributed by atoms with E-state index in [-0.39, 0.29) is 5.54 Å². The van der Waals surface area contributed by atoms with E-state index < -0.39 is 0 Å². The van der Waals surface area contributed by atoms with Crippen molar-refractivity contribution < 1.29 is 0 Å². The summed E-state index contributed by atoms with van der Waals surface area (Å²) in [7, 11) is 0. The molecule has 1 heterocycles. The number of hydrogen-bond acceptors (Lipinski definition) is 1. The van der Waals surface area contributed by atoms with Gasteiger partial charge < -0.3 is 5.32 Å². The number of nitrogens with zero attached hydrogens (tertiary/aromatic N) is 1. The lowest BCUT2D eigenvalue weighted by Gasteiger charge is -2.38. The number of halogens is 1. The Morgan fingerprint density at radius 3 is 2.53 bits per heavy atom. The van der Waals surface area contributed by atoms with Crippen molar-refractivity contribution in [2.45, 2.75) is 26.3 Å². The zero-order valence-electron chi connectivity index (χ0n) is 10.1. The SMILES string of the molecule is CC1=CC(C)(C)NC(=S)N1c1ccccc1Cl. The molecule has 1 N–H and O–H groups in total. The van der Waals surface area contributed by atoms with Crippen LogP contribution in [-0.4, -0.2) is 10.7 Å². The summed E-state index contributed by atoms with van der Waals surface area (Å²) in [4.78, 5) is 1.96. The van der Waals surface area contributed by atoms with Gasteiger partial charge in [-0.2, -0.15) is 0 Å². The Balaban J connectivity index is 2.47. The molecule has 90 valence electrons.